The topological polar surface area (TPSA) is 240 Å². The van der Waals surface area contributed by atoms with Crippen LogP contribution in [-0.2, 0) is 36.8 Å². The highest BCUT2D eigenvalue weighted by Gasteiger charge is 2.31. The van der Waals surface area contributed by atoms with E-state index in [1.54, 1.807) is 42.5 Å². The van der Waals surface area contributed by atoms with E-state index in [1.807, 2.05) is 0 Å². The Hall–Kier alpha value is -4.49. The first-order valence-electron chi connectivity index (χ1n) is 13.2. The molecule has 0 saturated heterocycles. The molecule has 4 atom stereocenters. The summed E-state index contributed by atoms with van der Waals surface area (Å²) < 4.78 is 0. The van der Waals surface area contributed by atoms with Crippen molar-refractivity contribution in [1.29, 1.82) is 0 Å². The molecule has 4 amide bonds. The Bertz CT molecular complexity index is 1180. The summed E-state index contributed by atoms with van der Waals surface area (Å²) in [5.74, 6) is -4.53. The molecule has 222 valence electrons. The number of hydrogen-bond donors (Lipinski definition) is 8. The van der Waals surface area contributed by atoms with Crippen molar-refractivity contribution in [2.45, 2.75) is 62.7 Å². The van der Waals surface area contributed by atoms with Gasteiger partial charge in [-0.1, -0.05) is 48.9 Å². The molecule has 0 aliphatic heterocycles. The molecule has 0 bridgehead atoms. The first kappa shape index (κ1) is 32.7. The molecule has 0 fully saturated rings. The van der Waals surface area contributed by atoms with Gasteiger partial charge in [-0.25, -0.2) is 4.79 Å². The number of primary amides is 1. The first-order valence-corrected chi connectivity index (χ1v) is 13.2. The van der Waals surface area contributed by atoms with Gasteiger partial charge in [-0.2, -0.15) is 0 Å². The van der Waals surface area contributed by atoms with Crippen LogP contribution in [-0.4, -0.2) is 70.5 Å². The minimum atomic E-state index is -1.60. The molecule has 0 saturated carbocycles. The average molecular weight is 571 g/mol. The molecule has 0 aliphatic rings. The molecule has 4 unspecified atom stereocenters. The van der Waals surface area contributed by atoms with Crippen LogP contribution in [0.3, 0.4) is 0 Å². The van der Waals surface area contributed by atoms with Crippen LogP contribution in [0.5, 0.6) is 5.75 Å². The summed E-state index contributed by atoms with van der Waals surface area (Å²) >= 11 is 0. The van der Waals surface area contributed by atoms with Gasteiger partial charge in [-0.15, -0.1) is 0 Å². The molecule has 2 rings (SSSR count). The molecule has 11 N–H and O–H groups in total. The molecular weight excluding hydrogens is 532 g/mol. The fraction of sp³-hybridized carbons (Fsp3) is 0.393. The van der Waals surface area contributed by atoms with Crippen molar-refractivity contribution < 1.29 is 34.2 Å². The summed E-state index contributed by atoms with van der Waals surface area (Å²) in [5, 5.41) is 26.6. The number of carboxylic acids is 1. The highest BCUT2D eigenvalue weighted by atomic mass is 16.4. The van der Waals surface area contributed by atoms with Gasteiger partial charge >= 0.3 is 5.97 Å². The number of phenols is 1. The number of aliphatic carboxylic acids is 1. The van der Waals surface area contributed by atoms with Gasteiger partial charge in [0.1, 0.15) is 23.9 Å². The van der Waals surface area contributed by atoms with Gasteiger partial charge in [0.2, 0.25) is 23.6 Å². The second-order valence-corrected chi connectivity index (χ2v) is 9.64. The van der Waals surface area contributed by atoms with Crippen molar-refractivity contribution in [3.63, 3.8) is 0 Å². The lowest BCUT2D eigenvalue weighted by Gasteiger charge is -2.25. The predicted octanol–water partition coefficient (Wildman–Crippen LogP) is -0.952. The molecule has 0 heterocycles. The zero-order valence-electron chi connectivity index (χ0n) is 22.6. The van der Waals surface area contributed by atoms with Crippen molar-refractivity contribution in [2.75, 3.05) is 6.54 Å². The quantitative estimate of drug-likeness (QED) is 0.109. The van der Waals surface area contributed by atoms with Crippen LogP contribution < -0.4 is 33.2 Å². The third-order valence-electron chi connectivity index (χ3n) is 6.25. The minimum absolute atomic E-state index is 0.00642. The Morgan fingerprint density at radius 2 is 1.24 bits per heavy atom. The second-order valence-electron chi connectivity index (χ2n) is 9.64. The number of nitrogens with one attached hydrogen (secondary N) is 3. The van der Waals surface area contributed by atoms with Gasteiger partial charge in [0, 0.05) is 12.8 Å². The number of aromatic hydroxyl groups is 1. The summed E-state index contributed by atoms with van der Waals surface area (Å²) in [6.45, 7) is 0.452. The highest BCUT2D eigenvalue weighted by Crippen LogP contribution is 2.13. The van der Waals surface area contributed by atoms with Gasteiger partial charge in [-0.3, -0.25) is 19.2 Å². The first-order chi connectivity index (χ1) is 19.5. The number of phenolic OH excluding ortho intramolecular Hbond substituents is 1. The van der Waals surface area contributed by atoms with Crippen LogP contribution in [0.15, 0.2) is 54.6 Å². The van der Waals surface area contributed by atoms with Crippen molar-refractivity contribution in [2.24, 2.45) is 17.2 Å². The van der Waals surface area contributed by atoms with Gasteiger partial charge in [0.15, 0.2) is 0 Å². The van der Waals surface area contributed by atoms with Crippen LogP contribution in [0.1, 0.15) is 36.8 Å². The molecule has 13 nitrogen and oxygen atoms in total. The number of carbonyl (C=O) groups is 5. The predicted molar refractivity (Wildman–Crippen MR) is 150 cm³/mol. The lowest BCUT2D eigenvalue weighted by Crippen LogP contribution is -2.58. The molecule has 0 aromatic heterocycles. The van der Waals surface area contributed by atoms with E-state index in [4.69, 9.17) is 17.2 Å². The number of rotatable bonds is 17. The zero-order chi connectivity index (χ0) is 30.4. The third kappa shape index (κ3) is 11.6. The zero-order valence-corrected chi connectivity index (χ0v) is 22.6. The monoisotopic (exact) mass is 570 g/mol. The van der Waals surface area contributed by atoms with Crippen molar-refractivity contribution >= 4 is 29.6 Å². The minimum Gasteiger partial charge on any atom is -0.508 e. The Kier molecular flexibility index (Phi) is 13.2. The molecule has 13 heteroatoms. The Balaban J connectivity index is 2.30. The third-order valence-corrected chi connectivity index (χ3v) is 6.25. The average Bonchev–Trinajstić information content (AvgIpc) is 2.93. The molecule has 41 heavy (non-hydrogen) atoms. The molecule has 2 aromatic rings. The van der Waals surface area contributed by atoms with Crippen LogP contribution in [0.4, 0.5) is 0 Å². The van der Waals surface area contributed by atoms with Crippen LogP contribution in [0.2, 0.25) is 0 Å². The summed E-state index contributed by atoms with van der Waals surface area (Å²) in [7, 11) is 0. The maximum atomic E-state index is 13.5. The van der Waals surface area contributed by atoms with Crippen molar-refractivity contribution in [3.05, 3.63) is 65.7 Å². The lowest BCUT2D eigenvalue weighted by atomic mass is 10.0. The Morgan fingerprint density at radius 1 is 0.732 bits per heavy atom. The molecular formula is C28H38N6O7. The summed E-state index contributed by atoms with van der Waals surface area (Å²) in [5.41, 5.74) is 17.9. The molecule has 2 aromatic carbocycles. The standard InChI is InChI=1S/C28H38N6O7/c29-13-5-4-8-20(30)25(37)32-21(15-18-9-11-19(35)12-10-18)26(38)33-22(14-17-6-2-1-3-7-17)27(39)34-23(28(40)41)16-24(31)36/h1-3,6-7,9-12,20-23,35H,4-5,8,13-16,29-30H2,(H2,31,36)(H,32,37)(H,33,38)(H,34,39)(H,40,41). The number of benzene rings is 2. The van der Waals surface area contributed by atoms with E-state index >= 15 is 0 Å². The van der Waals surface area contributed by atoms with Gasteiger partial charge in [0.05, 0.1) is 12.5 Å². The molecule has 0 spiro atoms. The smallest absolute Gasteiger partial charge is 0.326 e. The fourth-order valence-corrected chi connectivity index (χ4v) is 4.00. The molecule has 0 radical (unpaired) electrons. The highest BCUT2D eigenvalue weighted by molar-refractivity contribution is 5.95. The van der Waals surface area contributed by atoms with Gasteiger partial charge in [-0.05, 0) is 42.6 Å². The van der Waals surface area contributed by atoms with Crippen LogP contribution in [0, 0.1) is 0 Å². The molecule has 0 aliphatic carbocycles. The number of carbonyl (C=O) groups excluding carboxylic acids is 4. The van der Waals surface area contributed by atoms with Crippen molar-refractivity contribution in [1.82, 2.24) is 16.0 Å². The van der Waals surface area contributed by atoms with Crippen LogP contribution >= 0.6 is 0 Å². The summed E-state index contributed by atoms with van der Waals surface area (Å²) in [6.07, 6.45) is 1.00. The van der Waals surface area contributed by atoms with Crippen LogP contribution in [0.25, 0.3) is 0 Å². The Morgan fingerprint density at radius 3 is 1.76 bits per heavy atom. The second kappa shape index (κ2) is 16.6. The van der Waals surface area contributed by atoms with E-state index < -0.39 is 60.2 Å². The lowest BCUT2D eigenvalue weighted by molar-refractivity contribution is -0.143. The van der Waals surface area contributed by atoms with E-state index in [0.717, 1.165) is 0 Å². The maximum Gasteiger partial charge on any atom is 0.326 e. The van der Waals surface area contributed by atoms with E-state index in [0.29, 0.717) is 36.9 Å². The fourth-order valence-electron chi connectivity index (χ4n) is 4.00. The van der Waals surface area contributed by atoms with E-state index in [1.165, 1.54) is 12.1 Å². The SMILES string of the molecule is NCCCCC(N)C(=O)NC(Cc1ccc(O)cc1)C(=O)NC(Cc1ccccc1)C(=O)NC(CC(N)=O)C(=O)O. The number of amides is 4. The number of unbranched alkanes of at least 4 members (excludes halogenated alkanes) is 1. The number of hydrogen-bond acceptors (Lipinski definition) is 8. The van der Waals surface area contributed by atoms with Crippen molar-refractivity contribution in [3.8, 4) is 5.75 Å². The van der Waals surface area contributed by atoms with E-state index in [-0.39, 0.29) is 18.6 Å². The number of carboxylic acid groups (broad SMARTS) is 1. The Labute approximate surface area is 237 Å². The van der Waals surface area contributed by atoms with E-state index in [2.05, 4.69) is 16.0 Å². The summed E-state index contributed by atoms with van der Waals surface area (Å²) in [4.78, 5) is 62.5. The summed E-state index contributed by atoms with van der Waals surface area (Å²) in [6, 6.07) is 9.78. The normalized spacial score (nSPS) is 13.7. The van der Waals surface area contributed by atoms with Gasteiger partial charge < -0.3 is 43.4 Å². The van der Waals surface area contributed by atoms with E-state index in [9.17, 15) is 34.2 Å². The number of nitrogens with two attached hydrogens (primary N) is 3. The largest absolute Gasteiger partial charge is 0.508 e. The maximum absolute atomic E-state index is 13.5. The van der Waals surface area contributed by atoms with Gasteiger partial charge in [0.25, 0.3) is 0 Å².